The van der Waals surface area contributed by atoms with Crippen molar-refractivity contribution >= 4 is 11.8 Å². The number of fused-ring (bicyclic) bond motifs is 5. The maximum Gasteiger partial charge on any atom is 0.246 e. The number of piperidine rings is 2. The van der Waals surface area contributed by atoms with Gasteiger partial charge in [0.1, 0.15) is 12.6 Å². The molecule has 7 heteroatoms. The quantitative estimate of drug-likeness (QED) is 0.445. The van der Waals surface area contributed by atoms with Crippen LogP contribution in [0.1, 0.15) is 57.8 Å². The zero-order chi connectivity index (χ0) is 22.2. The minimum absolute atomic E-state index is 0.0105. The molecule has 5 rings (SSSR count). The maximum absolute atomic E-state index is 13.6. The largest absolute Gasteiger partial charge is 0.368 e. The first-order valence-corrected chi connectivity index (χ1v) is 13.4. The highest BCUT2D eigenvalue weighted by atomic mass is 16.5. The van der Waals surface area contributed by atoms with Crippen molar-refractivity contribution in [1.82, 2.24) is 10.2 Å². The minimum atomic E-state index is 0.0105. The Morgan fingerprint density at radius 3 is 2.81 bits per heavy atom. The van der Waals surface area contributed by atoms with Crippen LogP contribution in [-0.2, 0) is 14.3 Å². The van der Waals surface area contributed by atoms with E-state index in [1.807, 2.05) is 0 Å². The average molecular weight is 449 g/mol. The summed E-state index contributed by atoms with van der Waals surface area (Å²) >= 11 is 0. The summed E-state index contributed by atoms with van der Waals surface area (Å²) < 4.78 is 6.12. The Morgan fingerprint density at radius 2 is 1.97 bits per heavy atom. The van der Waals surface area contributed by atoms with E-state index in [2.05, 4.69) is 29.6 Å². The Kier molecular flexibility index (Phi) is 6.77. The van der Waals surface area contributed by atoms with Crippen LogP contribution < -0.4 is 15.5 Å². The summed E-state index contributed by atoms with van der Waals surface area (Å²) in [6.45, 7) is 3.17. The van der Waals surface area contributed by atoms with Crippen LogP contribution in [0.4, 0.5) is 0 Å². The van der Waals surface area contributed by atoms with Crippen molar-refractivity contribution in [3.63, 3.8) is 0 Å². The van der Waals surface area contributed by atoms with E-state index in [9.17, 15) is 9.59 Å². The summed E-state index contributed by atoms with van der Waals surface area (Å²) in [5.74, 6) is 2.58. The molecule has 32 heavy (non-hydrogen) atoms. The van der Waals surface area contributed by atoms with Crippen LogP contribution in [0.25, 0.3) is 0 Å². The summed E-state index contributed by atoms with van der Waals surface area (Å²) in [7, 11) is 4.26. The molecule has 3 heterocycles. The summed E-state index contributed by atoms with van der Waals surface area (Å²) in [6.07, 6.45) is 10.3. The molecule has 0 aromatic carbocycles. The fourth-order valence-corrected chi connectivity index (χ4v) is 8.03. The smallest absolute Gasteiger partial charge is 0.246 e. The number of nitrogens with zero attached hydrogens (tertiary/aromatic N) is 1. The number of amides is 2. The Labute approximate surface area is 193 Å². The van der Waals surface area contributed by atoms with Gasteiger partial charge in [-0.2, -0.15) is 0 Å². The third-order valence-electron chi connectivity index (χ3n) is 9.33. The second-order valence-corrected chi connectivity index (χ2v) is 11.5. The van der Waals surface area contributed by atoms with Gasteiger partial charge in [0.05, 0.1) is 39.3 Å². The zero-order valence-corrected chi connectivity index (χ0v) is 20.1. The molecule has 0 bridgehead atoms. The van der Waals surface area contributed by atoms with Gasteiger partial charge in [0.25, 0.3) is 0 Å². The minimum Gasteiger partial charge on any atom is -0.368 e. The van der Waals surface area contributed by atoms with E-state index >= 15 is 0 Å². The number of quaternary nitrogens is 2. The van der Waals surface area contributed by atoms with Crippen molar-refractivity contribution < 1.29 is 24.5 Å². The summed E-state index contributed by atoms with van der Waals surface area (Å²) in [4.78, 5) is 29.6. The lowest BCUT2D eigenvalue weighted by Crippen LogP contribution is -3.05. The normalized spacial score (nSPS) is 40.6. The monoisotopic (exact) mass is 448 g/mol. The number of hydrogen-bond acceptors (Lipinski definition) is 3. The molecule has 0 aromatic rings. The first-order chi connectivity index (χ1) is 15.5. The maximum atomic E-state index is 13.6. The topological polar surface area (TPSA) is 79.7 Å². The third-order valence-corrected chi connectivity index (χ3v) is 9.33. The number of nitrogens with two attached hydrogens (primary N) is 1. The first-order valence-electron chi connectivity index (χ1n) is 13.4. The van der Waals surface area contributed by atoms with Crippen LogP contribution in [0.15, 0.2) is 0 Å². The predicted molar refractivity (Wildman–Crippen MR) is 121 cm³/mol. The molecule has 0 spiro atoms. The third kappa shape index (κ3) is 4.21. The van der Waals surface area contributed by atoms with Crippen LogP contribution in [0.5, 0.6) is 0 Å². The number of rotatable bonds is 7. The Hall–Kier alpha value is -1.18. The summed E-state index contributed by atoms with van der Waals surface area (Å²) in [5, 5.41) is 5.59. The highest BCUT2D eigenvalue weighted by Crippen LogP contribution is 2.52. The lowest BCUT2D eigenvalue weighted by atomic mass is 9.66. The van der Waals surface area contributed by atoms with Gasteiger partial charge in [-0.3, -0.25) is 9.59 Å². The summed E-state index contributed by atoms with van der Waals surface area (Å²) in [5.41, 5.74) is 0. The van der Waals surface area contributed by atoms with Gasteiger partial charge in [0.15, 0.2) is 0 Å². The molecule has 3 aliphatic heterocycles. The number of ether oxygens (including phenoxy) is 1. The molecule has 7 nitrogen and oxygen atoms in total. The zero-order valence-electron chi connectivity index (χ0n) is 20.1. The van der Waals surface area contributed by atoms with Gasteiger partial charge < -0.3 is 25.2 Å². The van der Waals surface area contributed by atoms with Gasteiger partial charge >= 0.3 is 0 Å². The van der Waals surface area contributed by atoms with Crippen molar-refractivity contribution in [2.24, 2.45) is 23.7 Å². The van der Waals surface area contributed by atoms with E-state index in [1.54, 1.807) is 0 Å². The van der Waals surface area contributed by atoms with E-state index in [0.29, 0.717) is 41.8 Å². The van der Waals surface area contributed by atoms with Crippen molar-refractivity contribution in [3.8, 4) is 0 Å². The standard InChI is InChI=1S/C25H42N4O3/c1-28(2)13-5-11-26-22(30)15-32-16-8-9-21-20(14-16)18-10-12-27-23-17-6-3-4-7-19(17)25(31)29(21)24(18)23/h16-21,23-24,27H,3-15H2,1-2H3,(H,26,30)/p+2. The molecular formula is C25H44N4O3+2. The molecule has 8 atom stereocenters. The van der Waals surface area contributed by atoms with Crippen LogP contribution in [0, 0.1) is 23.7 Å². The van der Waals surface area contributed by atoms with Crippen molar-refractivity contribution in [3.05, 3.63) is 0 Å². The molecule has 2 aliphatic carbocycles. The molecule has 3 saturated heterocycles. The number of carbonyl (C=O) groups is 2. The Bertz CT molecular complexity index is 701. The highest BCUT2D eigenvalue weighted by Gasteiger charge is 2.63. The SMILES string of the molecule is C[NH+](C)CCCNC(=O)COC1CCC2C(C1)C1CC[NH2+]C3C4CCCCC4C(=O)N2C13. The van der Waals surface area contributed by atoms with E-state index in [1.165, 1.54) is 37.1 Å². The fourth-order valence-electron chi connectivity index (χ4n) is 8.03. The van der Waals surface area contributed by atoms with Gasteiger partial charge in [-0.05, 0) is 43.9 Å². The van der Waals surface area contributed by atoms with Gasteiger partial charge in [0, 0.05) is 37.3 Å². The molecule has 5 fully saturated rings. The Morgan fingerprint density at radius 1 is 1.12 bits per heavy atom. The van der Waals surface area contributed by atoms with E-state index < -0.39 is 0 Å². The van der Waals surface area contributed by atoms with Crippen LogP contribution in [-0.4, -0.2) is 81.3 Å². The van der Waals surface area contributed by atoms with E-state index in [-0.39, 0.29) is 24.5 Å². The highest BCUT2D eigenvalue weighted by molar-refractivity contribution is 5.82. The second kappa shape index (κ2) is 9.59. The van der Waals surface area contributed by atoms with Crippen LogP contribution >= 0.6 is 0 Å². The van der Waals surface area contributed by atoms with Gasteiger partial charge in [-0.15, -0.1) is 0 Å². The van der Waals surface area contributed by atoms with Crippen molar-refractivity contribution in [2.75, 3.05) is 40.3 Å². The molecule has 0 radical (unpaired) electrons. The van der Waals surface area contributed by atoms with Gasteiger partial charge in [-0.1, -0.05) is 12.8 Å². The molecule has 5 aliphatic rings. The molecule has 8 unspecified atom stereocenters. The fraction of sp³-hybridized carbons (Fsp3) is 0.920. The van der Waals surface area contributed by atoms with E-state index in [0.717, 1.165) is 45.2 Å². The molecule has 2 saturated carbocycles. The molecular weight excluding hydrogens is 404 g/mol. The van der Waals surface area contributed by atoms with Crippen molar-refractivity contribution in [1.29, 1.82) is 0 Å². The average Bonchev–Trinajstić information content (AvgIpc) is 3.13. The van der Waals surface area contributed by atoms with Gasteiger partial charge in [-0.25, -0.2) is 0 Å². The number of nitrogens with one attached hydrogen (secondary N) is 2. The summed E-state index contributed by atoms with van der Waals surface area (Å²) in [6, 6.07) is 1.49. The first kappa shape index (κ1) is 22.6. The predicted octanol–water partition coefficient (Wildman–Crippen LogP) is -0.826. The lowest BCUT2D eigenvalue weighted by molar-refractivity contribution is -0.858. The van der Waals surface area contributed by atoms with Crippen molar-refractivity contribution in [2.45, 2.75) is 82.0 Å². The van der Waals surface area contributed by atoms with E-state index in [4.69, 9.17) is 4.74 Å². The second-order valence-electron chi connectivity index (χ2n) is 11.5. The molecule has 4 N–H and O–H groups in total. The molecule has 0 aromatic heterocycles. The van der Waals surface area contributed by atoms with Crippen LogP contribution in [0.3, 0.4) is 0 Å². The molecule has 2 amide bonds. The van der Waals surface area contributed by atoms with Gasteiger partial charge in [0.2, 0.25) is 11.8 Å². The number of carbonyl (C=O) groups excluding carboxylic acids is 2. The molecule has 180 valence electrons. The Balaban J connectivity index is 1.19. The van der Waals surface area contributed by atoms with Crippen LogP contribution in [0.2, 0.25) is 0 Å². The number of hydrogen-bond donors (Lipinski definition) is 3. The lowest BCUT2D eigenvalue weighted by Gasteiger charge is -2.50.